The number of nitrogens with zero attached hydrogens (tertiary/aromatic N) is 2. The number of piperidine rings is 1. The summed E-state index contributed by atoms with van der Waals surface area (Å²) in [6, 6.07) is 1.92. The van der Waals surface area contributed by atoms with E-state index in [1.165, 1.54) is 0 Å². The normalized spacial score (nSPS) is 17.1. The van der Waals surface area contributed by atoms with E-state index in [1.807, 2.05) is 6.92 Å². The van der Waals surface area contributed by atoms with Crippen LogP contribution in [0.15, 0.2) is 18.2 Å². The number of ether oxygens (including phenoxy) is 1. The van der Waals surface area contributed by atoms with E-state index in [0.29, 0.717) is 31.1 Å². The molecule has 1 heterocycles. The summed E-state index contributed by atoms with van der Waals surface area (Å²) in [5.74, 6) is -0.816. The van der Waals surface area contributed by atoms with Gasteiger partial charge in [0, 0.05) is 19.2 Å². The summed E-state index contributed by atoms with van der Waals surface area (Å²) in [4.78, 5) is 35.4. The number of anilines is 1. The highest BCUT2D eigenvalue weighted by atomic mass is 19.4. The second kappa shape index (κ2) is 8.89. The number of hydrogen-bond acceptors (Lipinski definition) is 6. The Morgan fingerprint density at radius 2 is 2.11 bits per heavy atom. The Morgan fingerprint density at radius 1 is 1.39 bits per heavy atom. The zero-order chi connectivity index (χ0) is 20.9. The first-order valence-electron chi connectivity index (χ1n) is 8.61. The van der Waals surface area contributed by atoms with Gasteiger partial charge in [-0.15, -0.1) is 0 Å². The lowest BCUT2D eigenvalue weighted by Gasteiger charge is -2.30. The fourth-order valence-electron chi connectivity index (χ4n) is 2.88. The molecule has 1 N–H and O–H groups in total. The number of likely N-dealkylation sites (tertiary alicyclic amines) is 1. The topological polar surface area (TPSA) is 102 Å². The Balaban J connectivity index is 1.90. The Morgan fingerprint density at radius 3 is 2.71 bits per heavy atom. The maximum Gasteiger partial charge on any atom is 0.416 e. The van der Waals surface area contributed by atoms with Crippen LogP contribution in [0, 0.1) is 16.0 Å². The Labute approximate surface area is 158 Å². The molecule has 1 aromatic rings. The van der Waals surface area contributed by atoms with E-state index in [1.54, 1.807) is 4.90 Å². The standard InChI is InChI=1S/C17H20F3N3O5/c1-11-3-2-6-22(9-11)15(24)10-28-16(25)8-21-13-5-4-12(17(18,19)20)7-14(13)23(26)27/h4-5,7,11,21H,2-3,6,8-10H2,1H3/t11-/m0/s1. The lowest BCUT2D eigenvalue weighted by molar-refractivity contribution is -0.384. The number of carbonyl (C=O) groups is 2. The van der Waals surface area contributed by atoms with Crippen molar-refractivity contribution in [3.8, 4) is 0 Å². The van der Waals surface area contributed by atoms with Crippen molar-refractivity contribution in [3.63, 3.8) is 0 Å². The number of alkyl halides is 3. The predicted octanol–water partition coefficient (Wildman–Crippen LogP) is 2.83. The molecule has 0 saturated carbocycles. The van der Waals surface area contributed by atoms with Gasteiger partial charge in [-0.25, -0.2) is 0 Å². The lowest BCUT2D eigenvalue weighted by atomic mass is 10.0. The molecule has 28 heavy (non-hydrogen) atoms. The molecule has 0 aliphatic carbocycles. The minimum atomic E-state index is -4.73. The number of nitro groups is 1. The highest BCUT2D eigenvalue weighted by molar-refractivity contribution is 5.82. The number of carbonyl (C=O) groups excluding carboxylic acids is 2. The van der Waals surface area contributed by atoms with Crippen LogP contribution in [0.4, 0.5) is 24.5 Å². The Hall–Kier alpha value is -2.85. The number of halogens is 3. The van der Waals surface area contributed by atoms with Crippen LogP contribution in [0.2, 0.25) is 0 Å². The number of amides is 1. The summed E-state index contributed by atoms with van der Waals surface area (Å²) in [6.07, 6.45) is -2.83. The molecule has 1 atom stereocenters. The molecule has 0 radical (unpaired) electrons. The SMILES string of the molecule is C[C@H]1CCCN(C(=O)COC(=O)CNc2ccc(C(F)(F)F)cc2[N+](=O)[O-])C1. The van der Waals surface area contributed by atoms with Crippen molar-refractivity contribution in [1.29, 1.82) is 0 Å². The quantitative estimate of drug-likeness (QED) is 0.445. The second-order valence-corrected chi connectivity index (χ2v) is 6.59. The molecule has 2 rings (SSSR count). The maximum absolute atomic E-state index is 12.7. The van der Waals surface area contributed by atoms with Crippen molar-refractivity contribution < 1.29 is 32.4 Å². The second-order valence-electron chi connectivity index (χ2n) is 6.59. The predicted molar refractivity (Wildman–Crippen MR) is 92.5 cm³/mol. The minimum Gasteiger partial charge on any atom is -0.454 e. The molecule has 0 aromatic heterocycles. The van der Waals surface area contributed by atoms with Gasteiger partial charge in [-0.05, 0) is 30.9 Å². The highest BCUT2D eigenvalue weighted by Gasteiger charge is 2.33. The van der Waals surface area contributed by atoms with Crippen LogP contribution >= 0.6 is 0 Å². The molecular weight excluding hydrogens is 383 g/mol. The molecule has 8 nitrogen and oxygen atoms in total. The molecular formula is C17H20F3N3O5. The van der Waals surface area contributed by atoms with E-state index < -0.39 is 41.5 Å². The average Bonchev–Trinajstić information content (AvgIpc) is 2.63. The van der Waals surface area contributed by atoms with Gasteiger partial charge in [0.1, 0.15) is 12.2 Å². The van der Waals surface area contributed by atoms with Crippen LogP contribution in [-0.2, 0) is 20.5 Å². The van der Waals surface area contributed by atoms with Gasteiger partial charge in [0.25, 0.3) is 11.6 Å². The summed E-state index contributed by atoms with van der Waals surface area (Å²) in [7, 11) is 0. The molecule has 1 amide bonds. The van der Waals surface area contributed by atoms with Crippen molar-refractivity contribution in [2.24, 2.45) is 5.92 Å². The lowest BCUT2D eigenvalue weighted by Crippen LogP contribution is -2.41. The third-order valence-corrected chi connectivity index (χ3v) is 4.31. The highest BCUT2D eigenvalue weighted by Crippen LogP contribution is 2.34. The van der Waals surface area contributed by atoms with Crippen LogP contribution in [0.1, 0.15) is 25.3 Å². The maximum atomic E-state index is 12.7. The first-order valence-corrected chi connectivity index (χ1v) is 8.61. The molecule has 0 bridgehead atoms. The van der Waals surface area contributed by atoms with Crippen LogP contribution in [-0.4, -0.2) is 47.9 Å². The molecule has 0 unspecified atom stereocenters. The third-order valence-electron chi connectivity index (χ3n) is 4.31. The number of benzene rings is 1. The fourth-order valence-corrected chi connectivity index (χ4v) is 2.88. The number of esters is 1. The number of nitrogens with one attached hydrogen (secondary N) is 1. The largest absolute Gasteiger partial charge is 0.454 e. The number of rotatable bonds is 6. The summed E-state index contributed by atoms with van der Waals surface area (Å²) in [5.41, 5.74) is -2.25. The molecule has 154 valence electrons. The van der Waals surface area contributed by atoms with E-state index in [-0.39, 0.29) is 11.6 Å². The zero-order valence-corrected chi connectivity index (χ0v) is 15.1. The van der Waals surface area contributed by atoms with Gasteiger partial charge < -0.3 is 15.0 Å². The van der Waals surface area contributed by atoms with E-state index in [4.69, 9.17) is 4.74 Å². The van der Waals surface area contributed by atoms with Crippen molar-refractivity contribution in [2.45, 2.75) is 25.9 Å². The van der Waals surface area contributed by atoms with Crippen LogP contribution < -0.4 is 5.32 Å². The van der Waals surface area contributed by atoms with E-state index >= 15 is 0 Å². The van der Waals surface area contributed by atoms with E-state index in [2.05, 4.69) is 5.32 Å². The van der Waals surface area contributed by atoms with Crippen LogP contribution in [0.25, 0.3) is 0 Å². The molecule has 0 spiro atoms. The summed E-state index contributed by atoms with van der Waals surface area (Å²) < 4.78 is 42.9. The smallest absolute Gasteiger partial charge is 0.416 e. The Bertz CT molecular complexity index is 754. The molecule has 1 aromatic carbocycles. The van der Waals surface area contributed by atoms with Gasteiger partial charge in [-0.3, -0.25) is 19.7 Å². The van der Waals surface area contributed by atoms with Gasteiger partial charge in [-0.1, -0.05) is 6.92 Å². The molecule has 11 heteroatoms. The fraction of sp³-hybridized carbons (Fsp3) is 0.529. The number of hydrogen-bond donors (Lipinski definition) is 1. The molecule has 1 aliphatic heterocycles. The van der Waals surface area contributed by atoms with Gasteiger partial charge in [0.2, 0.25) is 0 Å². The molecule has 1 fully saturated rings. The van der Waals surface area contributed by atoms with Gasteiger partial charge >= 0.3 is 12.1 Å². The summed E-state index contributed by atoms with van der Waals surface area (Å²) in [6.45, 7) is 2.22. The zero-order valence-electron chi connectivity index (χ0n) is 15.1. The van der Waals surface area contributed by atoms with Crippen molar-refractivity contribution in [1.82, 2.24) is 4.90 Å². The van der Waals surface area contributed by atoms with Crippen LogP contribution in [0.5, 0.6) is 0 Å². The number of nitro benzene ring substituents is 1. The van der Waals surface area contributed by atoms with Crippen molar-refractivity contribution >= 4 is 23.3 Å². The van der Waals surface area contributed by atoms with Crippen LogP contribution in [0.3, 0.4) is 0 Å². The summed E-state index contributed by atoms with van der Waals surface area (Å²) in [5, 5.41) is 13.4. The summed E-state index contributed by atoms with van der Waals surface area (Å²) >= 11 is 0. The van der Waals surface area contributed by atoms with E-state index in [9.17, 15) is 32.9 Å². The van der Waals surface area contributed by atoms with Gasteiger partial charge in [0.15, 0.2) is 6.61 Å². The van der Waals surface area contributed by atoms with Gasteiger partial charge in [-0.2, -0.15) is 13.2 Å². The van der Waals surface area contributed by atoms with Crippen molar-refractivity contribution in [2.75, 3.05) is 31.6 Å². The minimum absolute atomic E-state index is 0.258. The first-order chi connectivity index (χ1) is 13.1. The van der Waals surface area contributed by atoms with Gasteiger partial charge in [0.05, 0.1) is 10.5 Å². The average molecular weight is 403 g/mol. The van der Waals surface area contributed by atoms with Crippen molar-refractivity contribution in [3.05, 3.63) is 33.9 Å². The monoisotopic (exact) mass is 403 g/mol. The Kier molecular flexibility index (Phi) is 6.81. The van der Waals surface area contributed by atoms with E-state index in [0.717, 1.165) is 18.9 Å². The molecule has 1 saturated heterocycles. The molecule has 1 aliphatic rings. The first kappa shape index (κ1) is 21.5. The third kappa shape index (κ3) is 5.83.